The maximum absolute atomic E-state index is 14.6. The molecule has 1 unspecified atom stereocenters. The van der Waals surface area contributed by atoms with Crippen molar-refractivity contribution in [2.24, 2.45) is 13.0 Å². The van der Waals surface area contributed by atoms with Gasteiger partial charge in [0.2, 0.25) is 5.91 Å². The molecule has 0 spiro atoms. The second-order valence-corrected chi connectivity index (χ2v) is 11.6. The average Bonchev–Trinajstić information content (AvgIpc) is 3.93. The van der Waals surface area contributed by atoms with Gasteiger partial charge in [-0.05, 0) is 90.3 Å². The van der Waals surface area contributed by atoms with Crippen LogP contribution in [-0.2, 0) is 23.1 Å². The number of nitrogens with zero attached hydrogens (tertiary/aromatic N) is 3. The minimum atomic E-state index is -1.94. The molecule has 0 saturated heterocycles. The van der Waals surface area contributed by atoms with Crippen LogP contribution in [-0.4, -0.2) is 43.2 Å². The van der Waals surface area contributed by atoms with E-state index in [0.29, 0.717) is 22.0 Å². The summed E-state index contributed by atoms with van der Waals surface area (Å²) in [5.41, 5.74) is 3.34. The van der Waals surface area contributed by atoms with E-state index in [4.69, 9.17) is 11.6 Å². The van der Waals surface area contributed by atoms with E-state index in [1.807, 2.05) is 48.0 Å². The molecule has 2 fully saturated rings. The molecule has 2 amide bonds. The molecule has 2 aliphatic rings. The van der Waals surface area contributed by atoms with Crippen molar-refractivity contribution in [3.8, 4) is 22.4 Å². The molecule has 2 atom stereocenters. The van der Waals surface area contributed by atoms with Gasteiger partial charge in [-0.15, -0.1) is 0 Å². The van der Waals surface area contributed by atoms with Crippen LogP contribution in [0.3, 0.4) is 0 Å². The van der Waals surface area contributed by atoms with Crippen LogP contribution in [0.5, 0.6) is 0 Å². The third-order valence-corrected chi connectivity index (χ3v) is 8.31. The van der Waals surface area contributed by atoms with Crippen LogP contribution >= 0.6 is 11.6 Å². The number of benzene rings is 2. The second-order valence-electron chi connectivity index (χ2n) is 11.2. The van der Waals surface area contributed by atoms with Crippen molar-refractivity contribution in [3.63, 3.8) is 0 Å². The van der Waals surface area contributed by atoms with Gasteiger partial charge in [-0.2, -0.15) is 0 Å². The highest BCUT2D eigenvalue weighted by atomic mass is 35.5. The molecule has 3 N–H and O–H groups in total. The number of hydrogen-bond donors (Lipinski definition) is 3. The molecule has 8 nitrogen and oxygen atoms in total. The summed E-state index contributed by atoms with van der Waals surface area (Å²) in [6.07, 6.45) is 6.82. The SMILES string of the molecule is Cn1cncc1-c1ccc(NC(=O)[C@H](Cc2cc(-c3ccnc(C(O)C4CC4)c3)ccc2Cl)NC(=O)C2(F)CC2)cc1. The summed E-state index contributed by atoms with van der Waals surface area (Å²) in [6.45, 7) is 0. The number of carbonyl (C=O) groups is 2. The number of aryl methyl sites for hydroxylation is 1. The van der Waals surface area contributed by atoms with E-state index < -0.39 is 29.6 Å². The van der Waals surface area contributed by atoms with E-state index in [0.717, 1.165) is 35.2 Å². The fourth-order valence-corrected chi connectivity index (χ4v) is 5.19. The molecule has 216 valence electrons. The Bertz CT molecular complexity index is 1630. The predicted molar refractivity (Wildman–Crippen MR) is 158 cm³/mol. The number of alkyl halides is 1. The lowest BCUT2D eigenvalue weighted by Crippen LogP contribution is -2.48. The van der Waals surface area contributed by atoms with Crippen molar-refractivity contribution in [1.29, 1.82) is 0 Å². The van der Waals surface area contributed by atoms with Crippen molar-refractivity contribution in [2.45, 2.75) is 49.9 Å². The van der Waals surface area contributed by atoms with Crippen molar-refractivity contribution < 1.29 is 19.1 Å². The highest BCUT2D eigenvalue weighted by Crippen LogP contribution is 2.41. The van der Waals surface area contributed by atoms with E-state index >= 15 is 0 Å². The van der Waals surface area contributed by atoms with Crippen molar-refractivity contribution in [3.05, 3.63) is 89.6 Å². The summed E-state index contributed by atoms with van der Waals surface area (Å²) in [5, 5.41) is 16.4. The maximum atomic E-state index is 14.6. The Morgan fingerprint density at radius 2 is 1.81 bits per heavy atom. The smallest absolute Gasteiger partial charge is 0.258 e. The molecule has 6 rings (SSSR count). The van der Waals surface area contributed by atoms with Gasteiger partial charge >= 0.3 is 0 Å². The molecule has 0 radical (unpaired) electrons. The lowest BCUT2D eigenvalue weighted by Gasteiger charge is -2.21. The fourth-order valence-electron chi connectivity index (χ4n) is 5.00. The number of imidazole rings is 1. The summed E-state index contributed by atoms with van der Waals surface area (Å²) < 4.78 is 16.5. The van der Waals surface area contributed by atoms with E-state index in [1.165, 1.54) is 0 Å². The van der Waals surface area contributed by atoms with Crippen LogP contribution in [0.15, 0.2) is 73.3 Å². The van der Waals surface area contributed by atoms with Crippen molar-refractivity contribution in [2.75, 3.05) is 5.32 Å². The Morgan fingerprint density at radius 1 is 1.10 bits per heavy atom. The number of halogens is 2. The Balaban J connectivity index is 1.23. The van der Waals surface area contributed by atoms with Crippen molar-refractivity contribution in [1.82, 2.24) is 19.9 Å². The van der Waals surface area contributed by atoms with Crippen LogP contribution in [0.1, 0.15) is 43.0 Å². The molecule has 2 saturated carbocycles. The Kier molecular flexibility index (Phi) is 7.55. The van der Waals surface area contributed by atoms with Gasteiger partial charge < -0.3 is 20.3 Å². The molecule has 10 heteroatoms. The molecule has 0 aliphatic heterocycles. The molecule has 0 bridgehead atoms. The molecule has 2 aromatic heterocycles. The molecular weight excluding hydrogens is 557 g/mol. The van der Waals surface area contributed by atoms with E-state index in [1.54, 1.807) is 36.9 Å². The molecule has 2 aliphatic carbocycles. The van der Waals surface area contributed by atoms with Crippen LogP contribution in [0.4, 0.5) is 10.1 Å². The normalized spacial score (nSPS) is 16.9. The summed E-state index contributed by atoms with van der Waals surface area (Å²) >= 11 is 6.56. The first-order valence-corrected chi connectivity index (χ1v) is 14.4. The number of amides is 2. The van der Waals surface area contributed by atoms with Gasteiger partial charge in [0.05, 0.1) is 30.0 Å². The zero-order chi connectivity index (χ0) is 29.4. The number of nitrogens with one attached hydrogen (secondary N) is 2. The number of rotatable bonds is 10. The van der Waals surface area contributed by atoms with Crippen LogP contribution in [0, 0.1) is 5.92 Å². The van der Waals surface area contributed by atoms with E-state index in [9.17, 15) is 19.1 Å². The maximum Gasteiger partial charge on any atom is 0.258 e. The Labute approximate surface area is 248 Å². The average molecular weight is 588 g/mol. The van der Waals surface area contributed by atoms with Gasteiger partial charge in [0, 0.05) is 30.4 Å². The summed E-state index contributed by atoms with van der Waals surface area (Å²) in [4.78, 5) is 34.7. The number of hydrogen-bond acceptors (Lipinski definition) is 5. The van der Waals surface area contributed by atoms with Gasteiger partial charge in [-0.25, -0.2) is 9.37 Å². The fraction of sp³-hybridized carbons (Fsp3) is 0.312. The zero-order valence-electron chi connectivity index (χ0n) is 23.1. The number of aromatic nitrogens is 3. The minimum absolute atomic E-state index is 0.0517. The largest absolute Gasteiger partial charge is 0.387 e. The third-order valence-electron chi connectivity index (χ3n) is 7.94. The van der Waals surface area contributed by atoms with Crippen LogP contribution in [0.2, 0.25) is 5.02 Å². The van der Waals surface area contributed by atoms with Gasteiger partial charge in [-0.3, -0.25) is 14.6 Å². The first kappa shape index (κ1) is 28.1. The van der Waals surface area contributed by atoms with Gasteiger partial charge in [-0.1, -0.05) is 29.8 Å². The quantitative estimate of drug-likeness (QED) is 0.230. The summed E-state index contributed by atoms with van der Waals surface area (Å²) in [5.74, 6) is -1.04. The molecule has 42 heavy (non-hydrogen) atoms. The number of aliphatic hydroxyl groups is 1. The number of pyridine rings is 1. The van der Waals surface area contributed by atoms with E-state index in [-0.39, 0.29) is 25.2 Å². The second kappa shape index (κ2) is 11.3. The van der Waals surface area contributed by atoms with E-state index in [2.05, 4.69) is 20.6 Å². The van der Waals surface area contributed by atoms with Gasteiger partial charge in [0.15, 0.2) is 5.67 Å². The Morgan fingerprint density at radius 3 is 2.48 bits per heavy atom. The predicted octanol–water partition coefficient (Wildman–Crippen LogP) is 5.41. The summed E-state index contributed by atoms with van der Waals surface area (Å²) in [6, 6.07) is 15.3. The summed E-state index contributed by atoms with van der Waals surface area (Å²) in [7, 11) is 1.90. The third kappa shape index (κ3) is 6.07. The molecule has 2 aromatic carbocycles. The highest BCUT2D eigenvalue weighted by molar-refractivity contribution is 6.31. The van der Waals surface area contributed by atoms with Crippen LogP contribution < -0.4 is 10.6 Å². The first-order chi connectivity index (χ1) is 20.2. The van der Waals surface area contributed by atoms with Gasteiger partial charge in [0.25, 0.3) is 5.91 Å². The highest BCUT2D eigenvalue weighted by Gasteiger charge is 2.51. The number of carbonyl (C=O) groups excluding carboxylic acids is 2. The van der Waals surface area contributed by atoms with Crippen molar-refractivity contribution >= 4 is 29.1 Å². The molecular formula is C32H31ClFN5O3. The molecule has 2 heterocycles. The lowest BCUT2D eigenvalue weighted by atomic mass is 9.98. The standard InChI is InChI=1S/C32H31ClFN5O3/c1-39-18-35-17-28(39)19-4-7-24(8-5-19)37-30(41)27(38-31(42)32(34)11-12-32)16-23-14-21(6-9-25(23)33)22-10-13-36-26(15-22)29(40)20-2-3-20/h4-10,13-15,17-18,20,27,29,40H,2-3,11-12,16H2,1H3,(H,37,41)(H,38,42)/t27-,29?/m0/s1. The monoisotopic (exact) mass is 587 g/mol. The van der Waals surface area contributed by atoms with Crippen LogP contribution in [0.25, 0.3) is 22.4 Å². The van der Waals surface area contributed by atoms with Gasteiger partial charge in [0.1, 0.15) is 6.04 Å². The minimum Gasteiger partial charge on any atom is -0.387 e. The first-order valence-electron chi connectivity index (χ1n) is 14.0. The topological polar surface area (TPSA) is 109 Å². The lowest BCUT2D eigenvalue weighted by molar-refractivity contribution is -0.131. The molecule has 4 aromatic rings. The number of anilines is 1. The Hall–Kier alpha value is -4.08. The zero-order valence-corrected chi connectivity index (χ0v) is 23.8. The number of aliphatic hydroxyl groups excluding tert-OH is 1.